The van der Waals surface area contributed by atoms with Crippen LogP contribution < -0.4 is 4.90 Å². The average Bonchev–Trinajstić information content (AvgIpc) is 3.22. The fourth-order valence-electron chi connectivity index (χ4n) is 2.13. The van der Waals surface area contributed by atoms with Crippen LogP contribution in [-0.4, -0.2) is 35.7 Å². The monoisotopic (exact) mass is 299 g/mol. The Morgan fingerprint density at radius 3 is 2.50 bits per heavy atom. The van der Waals surface area contributed by atoms with Crippen LogP contribution in [-0.2, 0) is 9.59 Å². The SMILES string of the molecule is O=C1CN(C2CC2)c2cc(Cl)c(F)cc2C1=O.O=CO. The van der Waals surface area contributed by atoms with Crippen molar-refractivity contribution < 1.29 is 23.9 Å². The largest absolute Gasteiger partial charge is 0.483 e. The summed E-state index contributed by atoms with van der Waals surface area (Å²) in [5.74, 6) is -1.76. The molecule has 1 N–H and O–H groups in total. The van der Waals surface area contributed by atoms with Gasteiger partial charge in [0.15, 0.2) is 0 Å². The van der Waals surface area contributed by atoms with Gasteiger partial charge in [-0.3, -0.25) is 14.4 Å². The molecule has 0 atom stereocenters. The maximum absolute atomic E-state index is 13.3. The third kappa shape index (κ3) is 2.65. The number of carbonyl (C=O) groups is 3. The Balaban J connectivity index is 0.000000452. The smallest absolute Gasteiger partial charge is 0.290 e. The van der Waals surface area contributed by atoms with Crippen molar-refractivity contribution in [2.45, 2.75) is 18.9 Å². The van der Waals surface area contributed by atoms with E-state index in [2.05, 4.69) is 0 Å². The van der Waals surface area contributed by atoms with Gasteiger partial charge in [0.05, 0.1) is 22.8 Å². The number of ketones is 2. The topological polar surface area (TPSA) is 74.7 Å². The number of nitrogens with zero attached hydrogens (tertiary/aromatic N) is 1. The molecule has 1 aliphatic heterocycles. The predicted octanol–water partition coefficient (Wildman–Crippen LogP) is 1.91. The summed E-state index contributed by atoms with van der Waals surface area (Å²) >= 11 is 5.72. The van der Waals surface area contributed by atoms with E-state index in [9.17, 15) is 14.0 Å². The van der Waals surface area contributed by atoms with Crippen LogP contribution >= 0.6 is 11.6 Å². The molecule has 0 saturated heterocycles. The molecule has 106 valence electrons. The number of carbonyl (C=O) groups excluding carboxylic acids is 2. The highest BCUT2D eigenvalue weighted by Crippen LogP contribution is 2.38. The molecule has 0 unspecified atom stereocenters. The van der Waals surface area contributed by atoms with Crippen LogP contribution in [0, 0.1) is 5.82 Å². The van der Waals surface area contributed by atoms with Crippen LogP contribution in [0.5, 0.6) is 0 Å². The number of halogens is 2. The van der Waals surface area contributed by atoms with E-state index in [4.69, 9.17) is 21.5 Å². The maximum Gasteiger partial charge on any atom is 0.290 e. The zero-order valence-electron chi connectivity index (χ0n) is 10.3. The first kappa shape index (κ1) is 14.5. The number of rotatable bonds is 1. The molecule has 5 nitrogen and oxygen atoms in total. The van der Waals surface area contributed by atoms with E-state index in [0.717, 1.165) is 18.9 Å². The van der Waals surface area contributed by atoms with Crippen LogP contribution in [0.1, 0.15) is 23.2 Å². The summed E-state index contributed by atoms with van der Waals surface area (Å²) in [6, 6.07) is 2.79. The maximum atomic E-state index is 13.3. The Bertz CT molecular complexity index is 586. The molecule has 0 spiro atoms. The minimum atomic E-state index is -0.663. The van der Waals surface area contributed by atoms with Crippen LogP contribution in [0.25, 0.3) is 0 Å². The molecule has 0 amide bonds. The highest BCUT2D eigenvalue weighted by atomic mass is 35.5. The fraction of sp³-hybridized carbons (Fsp3) is 0.308. The van der Waals surface area contributed by atoms with Crippen LogP contribution in [0.3, 0.4) is 0 Å². The molecule has 1 saturated carbocycles. The van der Waals surface area contributed by atoms with Crippen molar-refractivity contribution in [2.75, 3.05) is 11.4 Å². The Kier molecular flexibility index (Phi) is 4.04. The average molecular weight is 300 g/mol. The molecule has 1 heterocycles. The van der Waals surface area contributed by atoms with Gasteiger partial charge in [-0.1, -0.05) is 11.6 Å². The van der Waals surface area contributed by atoms with Crippen molar-refractivity contribution in [1.82, 2.24) is 0 Å². The Morgan fingerprint density at radius 1 is 1.35 bits per heavy atom. The third-order valence-corrected chi connectivity index (χ3v) is 3.44. The van der Waals surface area contributed by atoms with Gasteiger partial charge in [0, 0.05) is 6.04 Å². The van der Waals surface area contributed by atoms with Gasteiger partial charge in [0.1, 0.15) is 5.82 Å². The lowest BCUT2D eigenvalue weighted by atomic mass is 9.99. The summed E-state index contributed by atoms with van der Waals surface area (Å²) in [4.78, 5) is 33.4. The molecule has 0 bridgehead atoms. The normalized spacial score (nSPS) is 17.2. The van der Waals surface area contributed by atoms with Crippen LogP contribution in [0.15, 0.2) is 12.1 Å². The van der Waals surface area contributed by atoms with E-state index in [-0.39, 0.29) is 29.6 Å². The fourth-order valence-corrected chi connectivity index (χ4v) is 2.29. The van der Waals surface area contributed by atoms with Crippen molar-refractivity contribution >= 4 is 35.3 Å². The zero-order chi connectivity index (χ0) is 14.9. The molecule has 7 heteroatoms. The molecule has 2 aliphatic rings. The molecule has 20 heavy (non-hydrogen) atoms. The summed E-state index contributed by atoms with van der Waals surface area (Å²) in [7, 11) is 0. The lowest BCUT2D eigenvalue weighted by molar-refractivity contribution is -0.122. The van der Waals surface area contributed by atoms with Gasteiger partial charge in [-0.25, -0.2) is 4.39 Å². The Morgan fingerprint density at radius 2 is 1.95 bits per heavy atom. The van der Waals surface area contributed by atoms with Crippen molar-refractivity contribution in [2.24, 2.45) is 0 Å². The second-order valence-corrected chi connectivity index (χ2v) is 4.91. The molecule has 1 aromatic rings. The summed E-state index contributed by atoms with van der Waals surface area (Å²) < 4.78 is 13.3. The first-order chi connectivity index (χ1) is 9.49. The van der Waals surface area contributed by atoms with Gasteiger partial charge in [-0.2, -0.15) is 0 Å². The lowest BCUT2D eigenvalue weighted by Gasteiger charge is -2.29. The van der Waals surface area contributed by atoms with Gasteiger partial charge < -0.3 is 10.0 Å². The molecular weight excluding hydrogens is 289 g/mol. The van der Waals surface area contributed by atoms with E-state index >= 15 is 0 Å². The molecule has 1 fully saturated rings. The predicted molar refractivity (Wildman–Crippen MR) is 69.8 cm³/mol. The number of benzene rings is 1. The van der Waals surface area contributed by atoms with E-state index in [0.29, 0.717) is 5.69 Å². The van der Waals surface area contributed by atoms with Crippen molar-refractivity contribution in [3.05, 3.63) is 28.5 Å². The van der Waals surface area contributed by atoms with E-state index in [1.165, 1.54) is 6.07 Å². The van der Waals surface area contributed by atoms with Crippen molar-refractivity contribution in [3.63, 3.8) is 0 Å². The van der Waals surface area contributed by atoms with E-state index in [1.54, 1.807) is 0 Å². The highest BCUT2D eigenvalue weighted by molar-refractivity contribution is 6.47. The van der Waals surface area contributed by atoms with Crippen molar-refractivity contribution in [1.29, 1.82) is 0 Å². The minimum Gasteiger partial charge on any atom is -0.483 e. The van der Waals surface area contributed by atoms with Gasteiger partial charge in [0.2, 0.25) is 11.6 Å². The zero-order valence-corrected chi connectivity index (χ0v) is 11.1. The molecule has 0 aromatic heterocycles. The summed E-state index contributed by atoms with van der Waals surface area (Å²) in [5, 5.41) is 6.87. The number of hydrogen-bond donors (Lipinski definition) is 1. The summed E-state index contributed by atoms with van der Waals surface area (Å²) in [5.41, 5.74) is 0.721. The summed E-state index contributed by atoms with van der Waals surface area (Å²) in [6.07, 6.45) is 1.99. The van der Waals surface area contributed by atoms with Crippen LogP contribution in [0.4, 0.5) is 10.1 Å². The molecule has 3 rings (SSSR count). The number of carboxylic acid groups (broad SMARTS) is 1. The minimum absolute atomic E-state index is 0.0171. The highest BCUT2D eigenvalue weighted by Gasteiger charge is 2.38. The molecule has 0 radical (unpaired) electrons. The van der Waals surface area contributed by atoms with Gasteiger partial charge in [-0.15, -0.1) is 0 Å². The third-order valence-electron chi connectivity index (χ3n) is 3.15. The van der Waals surface area contributed by atoms with Gasteiger partial charge >= 0.3 is 0 Å². The standard InChI is InChI=1S/C12H9ClFNO2.CH2O2/c13-8-4-10-7(3-9(8)14)12(17)11(16)5-15(10)6-1-2-6;2-1-3/h3-4,6H,1-2,5H2;1H,(H,2,3). The molecule has 1 aromatic carbocycles. The first-order valence-corrected chi connectivity index (χ1v) is 6.28. The number of hydrogen-bond acceptors (Lipinski definition) is 4. The number of anilines is 1. The Labute approximate surface area is 118 Å². The van der Waals surface area contributed by atoms with Gasteiger partial charge in [0.25, 0.3) is 6.47 Å². The van der Waals surface area contributed by atoms with Crippen LogP contribution in [0.2, 0.25) is 5.02 Å². The lowest BCUT2D eigenvalue weighted by Crippen LogP contribution is -2.41. The van der Waals surface area contributed by atoms with Gasteiger partial charge in [-0.05, 0) is 25.0 Å². The first-order valence-electron chi connectivity index (χ1n) is 5.90. The van der Waals surface area contributed by atoms with E-state index < -0.39 is 17.4 Å². The van der Waals surface area contributed by atoms with Crippen molar-refractivity contribution in [3.8, 4) is 0 Å². The molecule has 1 aliphatic carbocycles. The second-order valence-electron chi connectivity index (χ2n) is 4.50. The number of fused-ring (bicyclic) bond motifs is 1. The summed E-state index contributed by atoms with van der Waals surface area (Å²) in [6.45, 7) is -0.168. The quantitative estimate of drug-likeness (QED) is 0.633. The van der Waals surface area contributed by atoms with E-state index in [1.807, 2.05) is 4.90 Å². The second kappa shape index (κ2) is 5.58. The Hall–Kier alpha value is -1.95. The molecular formula is C13H11ClFNO4. The number of Topliss-reactive ketones (excluding diaryl/α,β-unsaturated/α-hetero) is 2.